The van der Waals surface area contributed by atoms with Crippen molar-refractivity contribution in [3.05, 3.63) is 0 Å². The Morgan fingerprint density at radius 3 is 2.75 bits per heavy atom. The molecule has 1 N–H and O–H groups in total. The van der Waals surface area contributed by atoms with Gasteiger partial charge in [0.25, 0.3) is 0 Å². The second kappa shape index (κ2) is 3.85. The summed E-state index contributed by atoms with van der Waals surface area (Å²) in [7, 11) is 0. The van der Waals surface area contributed by atoms with Crippen molar-refractivity contribution in [3.63, 3.8) is 0 Å². The second-order valence-electron chi connectivity index (χ2n) is 3.00. The van der Waals surface area contributed by atoms with E-state index in [1.165, 1.54) is 0 Å². The Balaban J connectivity index is 2.40. The molecule has 70 valence electrons. The largest absolute Gasteiger partial charge is 0.466 e. The molecule has 1 fully saturated rings. The van der Waals surface area contributed by atoms with Crippen LogP contribution >= 0.6 is 0 Å². The first kappa shape index (κ1) is 9.45. The average Bonchev–Trinajstić information content (AvgIpc) is 2.33. The molecule has 1 aliphatic rings. The van der Waals surface area contributed by atoms with Crippen molar-refractivity contribution in [2.75, 3.05) is 6.61 Å². The topological polar surface area (TPSA) is 46.5 Å². The van der Waals surface area contributed by atoms with Gasteiger partial charge in [0.15, 0.2) is 0 Å². The molecule has 1 aliphatic carbocycles. The summed E-state index contributed by atoms with van der Waals surface area (Å²) >= 11 is 0. The zero-order valence-corrected chi connectivity index (χ0v) is 7.00. The van der Waals surface area contributed by atoms with Gasteiger partial charge in [-0.1, -0.05) is 0 Å². The summed E-state index contributed by atoms with van der Waals surface area (Å²) in [5.74, 6) is -0.841. The number of ether oxygens (including phenoxy) is 1. The smallest absolute Gasteiger partial charge is 0.309 e. The van der Waals surface area contributed by atoms with Crippen molar-refractivity contribution in [1.29, 1.82) is 0 Å². The molecule has 0 radical (unpaired) electrons. The van der Waals surface area contributed by atoms with E-state index >= 15 is 0 Å². The number of carbonyl (C=O) groups excluding carboxylic acids is 1. The summed E-state index contributed by atoms with van der Waals surface area (Å²) in [6, 6.07) is 0. The molecule has 3 atom stereocenters. The fourth-order valence-electron chi connectivity index (χ4n) is 1.42. The van der Waals surface area contributed by atoms with E-state index in [9.17, 15) is 9.18 Å². The van der Waals surface area contributed by atoms with Gasteiger partial charge < -0.3 is 9.84 Å². The number of halogens is 1. The Labute approximate surface area is 70.5 Å². The quantitative estimate of drug-likeness (QED) is 0.628. The van der Waals surface area contributed by atoms with E-state index in [1.807, 2.05) is 0 Å². The van der Waals surface area contributed by atoms with Crippen molar-refractivity contribution in [2.24, 2.45) is 5.92 Å². The van der Waals surface area contributed by atoms with Crippen LogP contribution in [0.5, 0.6) is 0 Å². The lowest BCUT2D eigenvalue weighted by Crippen LogP contribution is -2.15. The summed E-state index contributed by atoms with van der Waals surface area (Å²) < 4.78 is 17.4. The van der Waals surface area contributed by atoms with Crippen molar-refractivity contribution in [2.45, 2.75) is 32.0 Å². The van der Waals surface area contributed by atoms with Gasteiger partial charge in [0.1, 0.15) is 6.17 Å². The maximum Gasteiger partial charge on any atom is 0.309 e. The second-order valence-corrected chi connectivity index (χ2v) is 3.00. The van der Waals surface area contributed by atoms with Crippen molar-refractivity contribution in [1.82, 2.24) is 0 Å². The van der Waals surface area contributed by atoms with Crippen LogP contribution in [0.25, 0.3) is 0 Å². The Morgan fingerprint density at radius 2 is 2.33 bits per heavy atom. The van der Waals surface area contributed by atoms with E-state index in [-0.39, 0.29) is 12.8 Å². The molecular formula is C8H13FO3. The lowest BCUT2D eigenvalue weighted by Gasteiger charge is -2.06. The lowest BCUT2D eigenvalue weighted by atomic mass is 10.1. The number of hydrogen-bond donors (Lipinski definition) is 1. The van der Waals surface area contributed by atoms with Crippen molar-refractivity contribution < 1.29 is 19.0 Å². The van der Waals surface area contributed by atoms with Gasteiger partial charge in [-0.15, -0.1) is 0 Å². The molecule has 0 unspecified atom stereocenters. The maximum absolute atomic E-state index is 12.7. The predicted molar refractivity (Wildman–Crippen MR) is 40.3 cm³/mol. The third-order valence-electron chi connectivity index (χ3n) is 2.07. The SMILES string of the molecule is CCOC(=O)[C@H]1C[C@@H](O)[C@H](F)C1. The van der Waals surface area contributed by atoms with Gasteiger partial charge in [0.05, 0.1) is 18.6 Å². The van der Waals surface area contributed by atoms with Crippen LogP contribution in [0.15, 0.2) is 0 Å². The molecule has 1 rings (SSSR count). The third-order valence-corrected chi connectivity index (χ3v) is 2.07. The zero-order valence-electron chi connectivity index (χ0n) is 7.00. The van der Waals surface area contributed by atoms with Crippen LogP contribution in [-0.2, 0) is 9.53 Å². The third kappa shape index (κ3) is 1.94. The van der Waals surface area contributed by atoms with Crippen LogP contribution in [0, 0.1) is 5.92 Å². The fraction of sp³-hybridized carbons (Fsp3) is 0.875. The molecule has 0 aliphatic heterocycles. The average molecular weight is 176 g/mol. The highest BCUT2D eigenvalue weighted by molar-refractivity contribution is 5.72. The molecule has 4 heteroatoms. The van der Waals surface area contributed by atoms with E-state index in [1.54, 1.807) is 6.92 Å². The van der Waals surface area contributed by atoms with Gasteiger partial charge in [-0.2, -0.15) is 0 Å². The molecular weight excluding hydrogens is 163 g/mol. The zero-order chi connectivity index (χ0) is 9.14. The summed E-state index contributed by atoms with van der Waals surface area (Å²) in [5, 5.41) is 9.00. The van der Waals surface area contributed by atoms with E-state index in [0.29, 0.717) is 6.61 Å². The molecule has 0 bridgehead atoms. The normalized spacial score (nSPS) is 35.1. The van der Waals surface area contributed by atoms with Gasteiger partial charge >= 0.3 is 5.97 Å². The minimum absolute atomic E-state index is 0.0972. The van der Waals surface area contributed by atoms with Gasteiger partial charge in [0.2, 0.25) is 0 Å². The number of rotatable bonds is 2. The molecule has 0 aromatic heterocycles. The molecule has 1 saturated carbocycles. The van der Waals surface area contributed by atoms with E-state index in [4.69, 9.17) is 9.84 Å². The molecule has 0 heterocycles. The van der Waals surface area contributed by atoms with Gasteiger partial charge in [-0.3, -0.25) is 4.79 Å². The van der Waals surface area contributed by atoms with Gasteiger partial charge in [-0.05, 0) is 19.8 Å². The van der Waals surface area contributed by atoms with Crippen molar-refractivity contribution in [3.8, 4) is 0 Å². The number of hydrogen-bond acceptors (Lipinski definition) is 3. The Kier molecular flexibility index (Phi) is 3.03. The molecule has 0 amide bonds. The molecule has 0 spiro atoms. The van der Waals surface area contributed by atoms with E-state index < -0.39 is 24.2 Å². The molecule has 0 saturated heterocycles. The Hall–Kier alpha value is -0.640. The lowest BCUT2D eigenvalue weighted by molar-refractivity contribution is -0.148. The first-order valence-electron chi connectivity index (χ1n) is 4.14. The molecule has 0 aromatic rings. The minimum Gasteiger partial charge on any atom is -0.466 e. The summed E-state index contributed by atoms with van der Waals surface area (Å²) in [4.78, 5) is 11.0. The van der Waals surface area contributed by atoms with E-state index in [0.717, 1.165) is 0 Å². The first-order valence-corrected chi connectivity index (χ1v) is 4.14. The van der Waals surface area contributed by atoms with Crippen LogP contribution < -0.4 is 0 Å². The summed E-state index contributed by atoms with van der Waals surface area (Å²) in [6.45, 7) is 2.01. The standard InChI is InChI=1S/C8H13FO3/c1-2-12-8(11)5-3-6(9)7(10)4-5/h5-7,10H,2-4H2,1H3/t5-,6-,7-/m1/s1. The molecule has 3 nitrogen and oxygen atoms in total. The highest BCUT2D eigenvalue weighted by Gasteiger charge is 2.37. The van der Waals surface area contributed by atoms with Crippen LogP contribution in [0.2, 0.25) is 0 Å². The summed E-state index contributed by atoms with van der Waals surface area (Å²) in [6.07, 6.45) is -1.96. The Morgan fingerprint density at radius 1 is 1.67 bits per heavy atom. The summed E-state index contributed by atoms with van der Waals surface area (Å²) in [5.41, 5.74) is 0. The van der Waals surface area contributed by atoms with Gasteiger partial charge in [0, 0.05) is 0 Å². The highest BCUT2D eigenvalue weighted by Crippen LogP contribution is 2.29. The van der Waals surface area contributed by atoms with Crippen molar-refractivity contribution >= 4 is 5.97 Å². The number of alkyl halides is 1. The van der Waals surface area contributed by atoms with Gasteiger partial charge in [-0.25, -0.2) is 4.39 Å². The van der Waals surface area contributed by atoms with E-state index in [2.05, 4.69) is 0 Å². The number of aliphatic hydroxyl groups is 1. The molecule has 0 aromatic carbocycles. The first-order chi connectivity index (χ1) is 5.65. The maximum atomic E-state index is 12.7. The monoisotopic (exact) mass is 176 g/mol. The number of esters is 1. The number of aliphatic hydroxyl groups excluding tert-OH is 1. The molecule has 12 heavy (non-hydrogen) atoms. The fourth-order valence-corrected chi connectivity index (χ4v) is 1.42. The number of carbonyl (C=O) groups is 1. The van der Waals surface area contributed by atoms with Crippen LogP contribution in [0.1, 0.15) is 19.8 Å². The van der Waals surface area contributed by atoms with Crippen LogP contribution in [0.4, 0.5) is 4.39 Å². The van der Waals surface area contributed by atoms with Crippen LogP contribution in [-0.4, -0.2) is 30.0 Å². The predicted octanol–water partition coefficient (Wildman–Crippen LogP) is 0.659. The minimum atomic E-state index is -1.26. The highest BCUT2D eigenvalue weighted by atomic mass is 19.1. The van der Waals surface area contributed by atoms with Crippen LogP contribution in [0.3, 0.4) is 0 Å². The Bertz CT molecular complexity index is 162.